The van der Waals surface area contributed by atoms with Gasteiger partial charge in [-0.25, -0.2) is 0 Å². The summed E-state index contributed by atoms with van der Waals surface area (Å²) in [4.78, 5) is 14.4. The maximum absolute atomic E-state index is 12.0. The highest BCUT2D eigenvalue weighted by atomic mass is 16.2. The van der Waals surface area contributed by atoms with Gasteiger partial charge in [0.05, 0.1) is 5.69 Å². The van der Waals surface area contributed by atoms with Gasteiger partial charge in [0, 0.05) is 26.7 Å². The number of aromatic nitrogens is 2. The monoisotopic (exact) mass is 264 g/mol. The Labute approximate surface area is 115 Å². The minimum absolute atomic E-state index is 0.0341. The van der Waals surface area contributed by atoms with Crippen LogP contribution in [-0.2, 0) is 7.05 Å². The van der Waals surface area contributed by atoms with Crippen LogP contribution in [0.5, 0.6) is 0 Å². The fraction of sp³-hybridized carbons (Fsp3) is 0.714. The average Bonchev–Trinajstić information content (AvgIpc) is 2.68. The van der Waals surface area contributed by atoms with E-state index in [9.17, 15) is 4.79 Å². The first-order valence-electron chi connectivity index (χ1n) is 7.07. The van der Waals surface area contributed by atoms with Gasteiger partial charge >= 0.3 is 0 Å². The van der Waals surface area contributed by atoms with Crippen molar-refractivity contribution in [3.05, 3.63) is 17.5 Å². The maximum atomic E-state index is 12.0. The largest absolute Gasteiger partial charge is 0.349 e. The second kappa shape index (κ2) is 6.19. The Bertz CT molecular complexity index is 441. The van der Waals surface area contributed by atoms with Crippen molar-refractivity contribution in [3.8, 4) is 0 Å². The summed E-state index contributed by atoms with van der Waals surface area (Å²) < 4.78 is 1.63. The number of hydrogen-bond donors (Lipinski definition) is 1. The zero-order valence-corrected chi connectivity index (χ0v) is 12.1. The summed E-state index contributed by atoms with van der Waals surface area (Å²) in [7, 11) is 1.80. The Morgan fingerprint density at radius 2 is 2.37 bits per heavy atom. The van der Waals surface area contributed by atoms with Crippen molar-refractivity contribution in [2.24, 2.45) is 13.0 Å². The summed E-state index contributed by atoms with van der Waals surface area (Å²) in [6.07, 6.45) is 2.60. The zero-order valence-electron chi connectivity index (χ0n) is 12.1. The van der Waals surface area contributed by atoms with Crippen molar-refractivity contribution >= 4 is 5.91 Å². The summed E-state index contributed by atoms with van der Waals surface area (Å²) in [6.45, 7) is 8.14. The molecule has 2 rings (SSSR count). The molecule has 5 heteroatoms. The maximum Gasteiger partial charge on any atom is 0.269 e. The van der Waals surface area contributed by atoms with Crippen LogP contribution < -0.4 is 5.32 Å². The number of carbonyl (C=O) groups excluding carboxylic acids is 1. The molecule has 19 heavy (non-hydrogen) atoms. The number of carbonyl (C=O) groups is 1. The topological polar surface area (TPSA) is 50.2 Å². The highest BCUT2D eigenvalue weighted by Gasteiger charge is 2.16. The Balaban J connectivity index is 1.76. The van der Waals surface area contributed by atoms with Crippen LogP contribution in [0.25, 0.3) is 0 Å². The highest BCUT2D eigenvalue weighted by Crippen LogP contribution is 2.14. The number of amides is 1. The molecule has 1 unspecified atom stereocenters. The molecule has 0 bridgehead atoms. The lowest BCUT2D eigenvalue weighted by Crippen LogP contribution is -2.40. The van der Waals surface area contributed by atoms with Crippen LogP contribution in [0.15, 0.2) is 6.07 Å². The summed E-state index contributed by atoms with van der Waals surface area (Å²) in [5, 5.41) is 7.16. The second-order valence-electron chi connectivity index (χ2n) is 5.60. The number of aryl methyl sites for hydroxylation is 2. The third-order valence-electron chi connectivity index (χ3n) is 3.69. The van der Waals surface area contributed by atoms with Gasteiger partial charge in [-0.2, -0.15) is 5.10 Å². The van der Waals surface area contributed by atoms with Crippen LogP contribution in [0, 0.1) is 12.8 Å². The normalized spacial score (nSPS) is 20.5. The molecule has 1 aromatic heterocycles. The summed E-state index contributed by atoms with van der Waals surface area (Å²) in [6, 6.07) is 1.82. The van der Waals surface area contributed by atoms with Crippen LogP contribution in [0.2, 0.25) is 0 Å². The van der Waals surface area contributed by atoms with Gasteiger partial charge in [-0.3, -0.25) is 9.48 Å². The molecular formula is C14H24N4O. The molecule has 106 valence electrons. The van der Waals surface area contributed by atoms with Gasteiger partial charge in [0.1, 0.15) is 5.69 Å². The average molecular weight is 264 g/mol. The summed E-state index contributed by atoms with van der Waals surface area (Å²) in [5.74, 6) is 0.748. The molecule has 1 aromatic rings. The lowest BCUT2D eigenvalue weighted by Gasteiger charge is -2.30. The first kappa shape index (κ1) is 14.1. The molecule has 0 radical (unpaired) electrons. The van der Waals surface area contributed by atoms with Crippen LogP contribution in [0.1, 0.15) is 35.9 Å². The third-order valence-corrected chi connectivity index (χ3v) is 3.69. The highest BCUT2D eigenvalue weighted by molar-refractivity contribution is 5.92. The van der Waals surface area contributed by atoms with Crippen molar-refractivity contribution in [2.45, 2.75) is 26.7 Å². The number of piperidine rings is 1. The molecule has 0 aliphatic carbocycles. The molecule has 1 fully saturated rings. The van der Waals surface area contributed by atoms with Crippen molar-refractivity contribution in [1.82, 2.24) is 20.0 Å². The van der Waals surface area contributed by atoms with E-state index in [1.54, 1.807) is 11.7 Å². The van der Waals surface area contributed by atoms with Crippen molar-refractivity contribution in [3.63, 3.8) is 0 Å². The van der Waals surface area contributed by atoms with Gasteiger partial charge in [-0.05, 0) is 38.3 Å². The lowest BCUT2D eigenvalue weighted by molar-refractivity contribution is 0.0934. The van der Waals surface area contributed by atoms with Gasteiger partial charge in [0.2, 0.25) is 0 Å². The zero-order chi connectivity index (χ0) is 13.8. The summed E-state index contributed by atoms with van der Waals surface area (Å²) >= 11 is 0. The number of rotatable bonds is 4. The number of nitrogens with zero attached hydrogens (tertiary/aromatic N) is 3. The van der Waals surface area contributed by atoms with Crippen LogP contribution in [0.4, 0.5) is 0 Å². The second-order valence-corrected chi connectivity index (χ2v) is 5.60. The van der Waals surface area contributed by atoms with E-state index in [-0.39, 0.29) is 5.91 Å². The first-order valence-corrected chi connectivity index (χ1v) is 7.07. The van der Waals surface area contributed by atoms with Gasteiger partial charge in [0.15, 0.2) is 0 Å². The fourth-order valence-corrected chi connectivity index (χ4v) is 2.73. The molecule has 1 aliphatic rings. The van der Waals surface area contributed by atoms with E-state index in [4.69, 9.17) is 0 Å². The number of likely N-dealkylation sites (tertiary alicyclic amines) is 1. The molecule has 0 aromatic carbocycles. The van der Waals surface area contributed by atoms with Crippen molar-refractivity contribution in [1.29, 1.82) is 0 Å². The molecule has 1 N–H and O–H groups in total. The van der Waals surface area contributed by atoms with Crippen LogP contribution in [0.3, 0.4) is 0 Å². The smallest absolute Gasteiger partial charge is 0.269 e. The molecule has 1 amide bonds. The van der Waals surface area contributed by atoms with E-state index in [0.29, 0.717) is 12.2 Å². The molecule has 5 nitrogen and oxygen atoms in total. The Kier molecular flexibility index (Phi) is 4.58. The molecule has 2 heterocycles. The predicted octanol–water partition coefficient (Wildman–Crippen LogP) is 1.19. The van der Waals surface area contributed by atoms with Gasteiger partial charge in [0.25, 0.3) is 5.91 Å². The van der Waals surface area contributed by atoms with Gasteiger partial charge < -0.3 is 10.2 Å². The standard InChI is InChI=1S/C14H24N4O/c1-11-5-4-7-18(10-11)8-6-15-14(19)13-9-12(2)16-17(13)3/h9,11H,4-8,10H2,1-3H3,(H,15,19). The van der Waals surface area contributed by atoms with Gasteiger partial charge in [-0.15, -0.1) is 0 Å². The quantitative estimate of drug-likeness (QED) is 0.888. The van der Waals surface area contributed by atoms with E-state index in [1.807, 2.05) is 13.0 Å². The van der Waals surface area contributed by atoms with E-state index in [2.05, 4.69) is 22.2 Å². The molecule has 0 spiro atoms. The van der Waals surface area contributed by atoms with E-state index in [1.165, 1.54) is 12.8 Å². The van der Waals surface area contributed by atoms with Crippen LogP contribution >= 0.6 is 0 Å². The Hall–Kier alpha value is -1.36. The molecule has 1 aliphatic heterocycles. The SMILES string of the molecule is Cc1cc(C(=O)NCCN2CCCC(C)C2)n(C)n1. The predicted molar refractivity (Wildman–Crippen MR) is 75.1 cm³/mol. The summed E-state index contributed by atoms with van der Waals surface area (Å²) in [5.41, 5.74) is 1.50. The molecule has 0 saturated carbocycles. The van der Waals surface area contributed by atoms with Crippen molar-refractivity contribution < 1.29 is 4.79 Å². The Morgan fingerprint density at radius 3 is 3.00 bits per heavy atom. The lowest BCUT2D eigenvalue weighted by atomic mass is 10.0. The minimum Gasteiger partial charge on any atom is -0.349 e. The Morgan fingerprint density at radius 1 is 1.58 bits per heavy atom. The number of hydrogen-bond acceptors (Lipinski definition) is 3. The molecule has 1 atom stereocenters. The third kappa shape index (κ3) is 3.80. The van der Waals surface area contributed by atoms with E-state index in [0.717, 1.165) is 31.2 Å². The van der Waals surface area contributed by atoms with E-state index >= 15 is 0 Å². The number of nitrogens with one attached hydrogen (secondary N) is 1. The minimum atomic E-state index is -0.0341. The molecule has 1 saturated heterocycles. The fourth-order valence-electron chi connectivity index (χ4n) is 2.73. The first-order chi connectivity index (χ1) is 9.06. The van der Waals surface area contributed by atoms with Crippen LogP contribution in [-0.4, -0.2) is 46.8 Å². The van der Waals surface area contributed by atoms with E-state index < -0.39 is 0 Å². The molecular weight excluding hydrogens is 240 g/mol. The van der Waals surface area contributed by atoms with Gasteiger partial charge in [-0.1, -0.05) is 6.92 Å². The van der Waals surface area contributed by atoms with Crippen molar-refractivity contribution in [2.75, 3.05) is 26.2 Å².